The Bertz CT molecular complexity index is 372. The molecule has 17 heavy (non-hydrogen) atoms. The molecule has 0 radical (unpaired) electrons. The van der Waals surface area contributed by atoms with Crippen LogP contribution in [0.3, 0.4) is 0 Å². The van der Waals surface area contributed by atoms with Crippen LogP contribution >= 0.6 is 0 Å². The SMILES string of the molecule is CNC(=O)NCCc1cc(N)n(CC(C)C)n1. The average molecular weight is 239 g/mol. The lowest BCUT2D eigenvalue weighted by Crippen LogP contribution is -2.34. The molecule has 1 heterocycles. The van der Waals surface area contributed by atoms with E-state index in [0.717, 1.165) is 12.2 Å². The molecule has 0 spiro atoms. The highest BCUT2D eigenvalue weighted by atomic mass is 16.2. The van der Waals surface area contributed by atoms with Gasteiger partial charge >= 0.3 is 6.03 Å². The van der Waals surface area contributed by atoms with Crippen molar-refractivity contribution in [3.63, 3.8) is 0 Å². The standard InChI is InChI=1S/C11H21N5O/c1-8(2)7-16-10(12)6-9(15-16)4-5-14-11(17)13-3/h6,8H,4-5,7,12H2,1-3H3,(H2,13,14,17). The Morgan fingerprint density at radius 3 is 2.88 bits per heavy atom. The molecule has 0 saturated carbocycles. The van der Waals surface area contributed by atoms with Gasteiger partial charge in [0.1, 0.15) is 5.82 Å². The van der Waals surface area contributed by atoms with Gasteiger partial charge in [-0.1, -0.05) is 13.8 Å². The largest absolute Gasteiger partial charge is 0.384 e. The van der Waals surface area contributed by atoms with Crippen molar-refractivity contribution in [3.05, 3.63) is 11.8 Å². The lowest BCUT2D eigenvalue weighted by atomic mass is 10.2. The molecule has 6 heteroatoms. The van der Waals surface area contributed by atoms with E-state index in [-0.39, 0.29) is 6.03 Å². The van der Waals surface area contributed by atoms with Gasteiger partial charge in [0.2, 0.25) is 0 Å². The smallest absolute Gasteiger partial charge is 0.314 e. The van der Waals surface area contributed by atoms with Gasteiger partial charge in [0, 0.05) is 32.6 Å². The van der Waals surface area contributed by atoms with Crippen LogP contribution in [0.2, 0.25) is 0 Å². The first-order chi connectivity index (χ1) is 8.02. The van der Waals surface area contributed by atoms with E-state index in [1.807, 2.05) is 6.07 Å². The summed E-state index contributed by atoms with van der Waals surface area (Å²) in [4.78, 5) is 10.9. The number of hydrogen-bond acceptors (Lipinski definition) is 3. The predicted octanol–water partition coefficient (Wildman–Crippen LogP) is 0.593. The van der Waals surface area contributed by atoms with Crippen molar-refractivity contribution in [1.82, 2.24) is 20.4 Å². The van der Waals surface area contributed by atoms with E-state index >= 15 is 0 Å². The Hall–Kier alpha value is -1.72. The number of nitrogens with one attached hydrogen (secondary N) is 2. The Kier molecular flexibility index (Phi) is 4.81. The van der Waals surface area contributed by atoms with Crippen molar-refractivity contribution in [2.24, 2.45) is 5.92 Å². The predicted molar refractivity (Wildman–Crippen MR) is 67.6 cm³/mol. The van der Waals surface area contributed by atoms with Crippen LogP contribution in [-0.2, 0) is 13.0 Å². The number of rotatable bonds is 5. The number of anilines is 1. The lowest BCUT2D eigenvalue weighted by Gasteiger charge is -2.06. The van der Waals surface area contributed by atoms with E-state index < -0.39 is 0 Å². The molecular formula is C11H21N5O. The molecule has 0 bridgehead atoms. The fraction of sp³-hybridized carbons (Fsp3) is 0.636. The molecule has 0 fully saturated rings. The van der Waals surface area contributed by atoms with Gasteiger partial charge in [0.05, 0.1) is 5.69 Å². The molecule has 0 aliphatic rings. The van der Waals surface area contributed by atoms with Gasteiger partial charge in [-0.05, 0) is 5.92 Å². The molecule has 0 unspecified atom stereocenters. The highest BCUT2D eigenvalue weighted by Gasteiger charge is 2.06. The van der Waals surface area contributed by atoms with Crippen LogP contribution in [0, 0.1) is 5.92 Å². The Morgan fingerprint density at radius 2 is 2.29 bits per heavy atom. The Morgan fingerprint density at radius 1 is 1.59 bits per heavy atom. The van der Waals surface area contributed by atoms with Gasteiger partial charge in [-0.2, -0.15) is 5.10 Å². The summed E-state index contributed by atoms with van der Waals surface area (Å²) in [7, 11) is 1.59. The van der Waals surface area contributed by atoms with Crippen molar-refractivity contribution in [3.8, 4) is 0 Å². The van der Waals surface area contributed by atoms with Crippen molar-refractivity contribution in [2.75, 3.05) is 19.3 Å². The van der Waals surface area contributed by atoms with Crippen LogP contribution in [0.15, 0.2) is 6.07 Å². The Balaban J connectivity index is 2.47. The number of nitrogens with two attached hydrogens (primary N) is 1. The number of nitrogen functional groups attached to an aromatic ring is 1. The minimum absolute atomic E-state index is 0.181. The highest BCUT2D eigenvalue weighted by molar-refractivity contribution is 5.73. The molecule has 0 atom stereocenters. The van der Waals surface area contributed by atoms with Crippen LogP contribution in [0.1, 0.15) is 19.5 Å². The summed E-state index contributed by atoms with van der Waals surface area (Å²) in [5.74, 6) is 1.18. The molecule has 1 aromatic rings. The molecule has 2 amide bonds. The fourth-order valence-electron chi connectivity index (χ4n) is 1.49. The normalized spacial score (nSPS) is 10.6. The van der Waals surface area contributed by atoms with Crippen LogP contribution < -0.4 is 16.4 Å². The van der Waals surface area contributed by atoms with E-state index in [2.05, 4.69) is 29.6 Å². The van der Waals surface area contributed by atoms with Crippen LogP contribution in [0.5, 0.6) is 0 Å². The van der Waals surface area contributed by atoms with Gasteiger partial charge in [-0.3, -0.25) is 0 Å². The topological polar surface area (TPSA) is 85.0 Å². The summed E-state index contributed by atoms with van der Waals surface area (Å²) in [6, 6.07) is 1.67. The molecule has 0 aliphatic carbocycles. The number of carbonyl (C=O) groups is 1. The van der Waals surface area contributed by atoms with E-state index in [1.165, 1.54) is 0 Å². The summed E-state index contributed by atoms with van der Waals surface area (Å²) < 4.78 is 1.81. The third kappa shape index (κ3) is 4.34. The number of nitrogens with zero attached hydrogens (tertiary/aromatic N) is 2. The quantitative estimate of drug-likeness (QED) is 0.703. The minimum atomic E-state index is -0.181. The zero-order valence-corrected chi connectivity index (χ0v) is 10.7. The van der Waals surface area contributed by atoms with Gasteiger partial charge in [-0.25, -0.2) is 9.48 Å². The second-order valence-electron chi connectivity index (χ2n) is 4.39. The molecule has 96 valence electrons. The van der Waals surface area contributed by atoms with Crippen molar-refractivity contribution in [2.45, 2.75) is 26.8 Å². The molecule has 0 aromatic carbocycles. The summed E-state index contributed by atoms with van der Waals surface area (Å²) in [5.41, 5.74) is 6.75. The van der Waals surface area contributed by atoms with Gasteiger partial charge in [0.25, 0.3) is 0 Å². The minimum Gasteiger partial charge on any atom is -0.384 e. The third-order valence-electron chi connectivity index (χ3n) is 2.29. The molecule has 1 aromatic heterocycles. The van der Waals surface area contributed by atoms with Gasteiger partial charge < -0.3 is 16.4 Å². The third-order valence-corrected chi connectivity index (χ3v) is 2.29. The molecule has 6 nitrogen and oxygen atoms in total. The van der Waals surface area contributed by atoms with Gasteiger partial charge in [0.15, 0.2) is 0 Å². The monoisotopic (exact) mass is 239 g/mol. The van der Waals surface area contributed by atoms with E-state index in [0.29, 0.717) is 24.7 Å². The zero-order valence-electron chi connectivity index (χ0n) is 10.7. The van der Waals surface area contributed by atoms with Crippen LogP contribution in [-0.4, -0.2) is 29.4 Å². The Labute approximate surface area is 102 Å². The summed E-state index contributed by atoms with van der Waals surface area (Å²) in [5, 5.41) is 9.60. The molecular weight excluding hydrogens is 218 g/mol. The van der Waals surface area contributed by atoms with Crippen molar-refractivity contribution in [1.29, 1.82) is 0 Å². The summed E-state index contributed by atoms with van der Waals surface area (Å²) in [6.45, 7) is 5.61. The van der Waals surface area contributed by atoms with E-state index in [9.17, 15) is 4.79 Å². The summed E-state index contributed by atoms with van der Waals surface area (Å²) in [6.07, 6.45) is 0.683. The fourth-order valence-corrected chi connectivity index (χ4v) is 1.49. The maximum atomic E-state index is 10.9. The molecule has 0 saturated heterocycles. The van der Waals surface area contributed by atoms with Crippen molar-refractivity contribution >= 4 is 11.8 Å². The first-order valence-electron chi connectivity index (χ1n) is 5.80. The number of hydrogen-bond donors (Lipinski definition) is 3. The van der Waals surface area contributed by atoms with E-state index in [4.69, 9.17) is 5.73 Å². The van der Waals surface area contributed by atoms with Crippen molar-refractivity contribution < 1.29 is 4.79 Å². The second kappa shape index (κ2) is 6.12. The van der Waals surface area contributed by atoms with Gasteiger partial charge in [-0.15, -0.1) is 0 Å². The number of carbonyl (C=O) groups excluding carboxylic acids is 1. The number of aromatic nitrogens is 2. The zero-order chi connectivity index (χ0) is 12.8. The first kappa shape index (κ1) is 13.3. The molecule has 0 aliphatic heterocycles. The number of urea groups is 1. The average Bonchev–Trinajstić information content (AvgIpc) is 2.58. The van der Waals surface area contributed by atoms with Crippen LogP contribution in [0.4, 0.5) is 10.6 Å². The first-order valence-corrected chi connectivity index (χ1v) is 5.80. The molecule has 4 N–H and O–H groups in total. The maximum Gasteiger partial charge on any atom is 0.314 e. The maximum absolute atomic E-state index is 10.9. The highest BCUT2D eigenvalue weighted by Crippen LogP contribution is 2.09. The lowest BCUT2D eigenvalue weighted by molar-refractivity contribution is 0.243. The van der Waals surface area contributed by atoms with Crippen LogP contribution in [0.25, 0.3) is 0 Å². The van der Waals surface area contributed by atoms with E-state index in [1.54, 1.807) is 11.7 Å². The number of amides is 2. The molecule has 1 rings (SSSR count). The second-order valence-corrected chi connectivity index (χ2v) is 4.39. The summed E-state index contributed by atoms with van der Waals surface area (Å²) >= 11 is 0.